The molecule has 1 aromatic carbocycles. The van der Waals surface area contributed by atoms with Crippen molar-refractivity contribution in [3.8, 4) is 0 Å². The smallest absolute Gasteiger partial charge is 0.150 e. The van der Waals surface area contributed by atoms with Gasteiger partial charge >= 0.3 is 0 Å². The van der Waals surface area contributed by atoms with Crippen LogP contribution in [0.5, 0.6) is 0 Å². The maximum atomic E-state index is 13.4. The van der Waals surface area contributed by atoms with E-state index in [1.54, 1.807) is 6.07 Å². The lowest BCUT2D eigenvalue weighted by atomic mass is 10.0. The normalized spacial score (nSPS) is 19.1. The Kier molecular flexibility index (Phi) is 3.15. The molecule has 1 fully saturated rings. The van der Waals surface area contributed by atoms with Gasteiger partial charge in [-0.3, -0.25) is 4.79 Å². The molecule has 1 heterocycles. The highest BCUT2D eigenvalue weighted by atomic mass is 19.1. The molecule has 0 aliphatic carbocycles. The van der Waals surface area contributed by atoms with E-state index in [0.717, 1.165) is 5.69 Å². The average molecular weight is 237 g/mol. The molecule has 1 aliphatic rings. The molecule has 0 amide bonds. The third-order valence-electron chi connectivity index (χ3n) is 3.00. The third-order valence-corrected chi connectivity index (χ3v) is 3.00. The molecule has 3 nitrogen and oxygen atoms in total. The number of benzene rings is 1. The summed E-state index contributed by atoms with van der Waals surface area (Å²) in [6.45, 7) is 6.00. The van der Waals surface area contributed by atoms with E-state index in [1.807, 2.05) is 13.8 Å². The van der Waals surface area contributed by atoms with Gasteiger partial charge in [-0.1, -0.05) is 0 Å². The fourth-order valence-corrected chi connectivity index (χ4v) is 2.16. The van der Waals surface area contributed by atoms with Crippen molar-refractivity contribution in [1.82, 2.24) is 0 Å². The monoisotopic (exact) mass is 237 g/mol. The molecule has 0 aromatic heterocycles. The van der Waals surface area contributed by atoms with Gasteiger partial charge in [-0.15, -0.1) is 0 Å². The first-order chi connectivity index (χ1) is 8.03. The summed E-state index contributed by atoms with van der Waals surface area (Å²) in [5, 5.41) is 0. The molecule has 1 saturated heterocycles. The molecule has 4 heteroatoms. The Balaban J connectivity index is 2.38. The van der Waals surface area contributed by atoms with Crippen molar-refractivity contribution in [3.05, 3.63) is 29.6 Å². The minimum Gasteiger partial charge on any atom is -0.377 e. The second-order valence-electron chi connectivity index (χ2n) is 4.88. The van der Waals surface area contributed by atoms with E-state index in [1.165, 1.54) is 12.1 Å². The van der Waals surface area contributed by atoms with Gasteiger partial charge in [0.1, 0.15) is 12.1 Å². The highest BCUT2D eigenvalue weighted by Crippen LogP contribution is 2.28. The number of nitrogens with zero attached hydrogens (tertiary/aromatic N) is 1. The molecule has 17 heavy (non-hydrogen) atoms. The molecule has 0 atom stereocenters. The molecule has 1 aromatic rings. The molecule has 0 N–H and O–H groups in total. The van der Waals surface area contributed by atoms with Crippen LogP contribution in [0.4, 0.5) is 10.1 Å². The maximum Gasteiger partial charge on any atom is 0.150 e. The lowest BCUT2D eigenvalue weighted by Gasteiger charge is -2.43. The molecule has 1 aliphatic heterocycles. The van der Waals surface area contributed by atoms with Crippen molar-refractivity contribution < 1.29 is 13.9 Å². The second kappa shape index (κ2) is 4.45. The van der Waals surface area contributed by atoms with Crippen LogP contribution in [-0.4, -0.2) is 31.6 Å². The molecule has 0 radical (unpaired) electrons. The first-order valence-electron chi connectivity index (χ1n) is 5.64. The highest BCUT2D eigenvalue weighted by molar-refractivity contribution is 5.77. The van der Waals surface area contributed by atoms with E-state index in [9.17, 15) is 9.18 Å². The Morgan fingerprint density at radius 2 is 2.18 bits per heavy atom. The van der Waals surface area contributed by atoms with Gasteiger partial charge in [0.05, 0.1) is 18.8 Å². The zero-order valence-corrected chi connectivity index (χ0v) is 10.1. The predicted molar refractivity (Wildman–Crippen MR) is 64.0 cm³/mol. The van der Waals surface area contributed by atoms with Crippen molar-refractivity contribution in [1.29, 1.82) is 0 Å². The number of morpholine rings is 1. The van der Waals surface area contributed by atoms with Crippen LogP contribution in [0.15, 0.2) is 18.2 Å². The minimum absolute atomic E-state index is 0.188. The van der Waals surface area contributed by atoms with Crippen molar-refractivity contribution in [2.45, 2.75) is 19.4 Å². The van der Waals surface area contributed by atoms with E-state index in [-0.39, 0.29) is 11.4 Å². The standard InChI is InChI=1S/C13H16FNO2/c1-13(2)9-17-4-3-15(13)12-6-10(8-16)5-11(14)7-12/h5-8H,3-4,9H2,1-2H3. The fourth-order valence-electron chi connectivity index (χ4n) is 2.16. The molecule has 0 spiro atoms. The quantitative estimate of drug-likeness (QED) is 0.739. The van der Waals surface area contributed by atoms with Crippen LogP contribution >= 0.6 is 0 Å². The maximum absolute atomic E-state index is 13.4. The van der Waals surface area contributed by atoms with Gasteiger partial charge in [-0.05, 0) is 32.0 Å². The van der Waals surface area contributed by atoms with E-state index >= 15 is 0 Å². The average Bonchev–Trinajstić information content (AvgIpc) is 2.27. The van der Waals surface area contributed by atoms with Crippen molar-refractivity contribution in [2.75, 3.05) is 24.7 Å². The summed E-state index contributed by atoms with van der Waals surface area (Å²) >= 11 is 0. The second-order valence-corrected chi connectivity index (χ2v) is 4.88. The Hall–Kier alpha value is -1.42. The van der Waals surface area contributed by atoms with Crippen LogP contribution in [-0.2, 0) is 4.74 Å². The van der Waals surface area contributed by atoms with Gasteiger partial charge in [0, 0.05) is 17.8 Å². The van der Waals surface area contributed by atoms with Gasteiger partial charge < -0.3 is 9.64 Å². The number of hydrogen-bond donors (Lipinski definition) is 0. The Bertz CT molecular complexity index is 431. The number of halogens is 1. The molecule has 2 rings (SSSR count). The van der Waals surface area contributed by atoms with Crippen LogP contribution in [0, 0.1) is 5.82 Å². The lowest BCUT2D eigenvalue weighted by Crippen LogP contribution is -2.53. The predicted octanol–water partition coefficient (Wildman–Crippen LogP) is 2.25. The molecular weight excluding hydrogens is 221 g/mol. The van der Waals surface area contributed by atoms with Crippen LogP contribution in [0.2, 0.25) is 0 Å². The largest absolute Gasteiger partial charge is 0.377 e. The number of anilines is 1. The van der Waals surface area contributed by atoms with E-state index < -0.39 is 0 Å². The molecule has 0 saturated carbocycles. The summed E-state index contributed by atoms with van der Waals surface area (Å²) in [7, 11) is 0. The Morgan fingerprint density at radius 3 is 2.82 bits per heavy atom. The Morgan fingerprint density at radius 1 is 1.41 bits per heavy atom. The summed E-state index contributed by atoms with van der Waals surface area (Å²) in [6.07, 6.45) is 0.667. The first kappa shape index (κ1) is 12.0. The summed E-state index contributed by atoms with van der Waals surface area (Å²) in [5.74, 6) is -0.383. The van der Waals surface area contributed by atoms with E-state index in [4.69, 9.17) is 4.74 Å². The summed E-state index contributed by atoms with van der Waals surface area (Å²) in [6, 6.07) is 4.41. The summed E-state index contributed by atoms with van der Waals surface area (Å²) in [5.41, 5.74) is 0.911. The number of carbonyl (C=O) groups excluding carboxylic acids is 1. The van der Waals surface area contributed by atoms with Crippen LogP contribution in [0.1, 0.15) is 24.2 Å². The first-order valence-corrected chi connectivity index (χ1v) is 5.64. The van der Waals surface area contributed by atoms with Gasteiger partial charge in [-0.2, -0.15) is 0 Å². The van der Waals surface area contributed by atoms with Crippen molar-refractivity contribution >= 4 is 12.0 Å². The lowest BCUT2D eigenvalue weighted by molar-refractivity contribution is 0.0643. The SMILES string of the molecule is CC1(C)COCCN1c1cc(F)cc(C=O)c1. The van der Waals surface area contributed by atoms with Crippen LogP contribution < -0.4 is 4.90 Å². The molecule has 0 bridgehead atoms. The van der Waals surface area contributed by atoms with E-state index in [2.05, 4.69) is 4.90 Å². The number of ether oxygens (including phenoxy) is 1. The Labute approximate surface area is 100 Å². The van der Waals surface area contributed by atoms with Gasteiger partial charge in [0.2, 0.25) is 0 Å². The summed E-state index contributed by atoms with van der Waals surface area (Å²) < 4.78 is 18.8. The van der Waals surface area contributed by atoms with Crippen LogP contribution in [0.25, 0.3) is 0 Å². The summed E-state index contributed by atoms with van der Waals surface area (Å²) in [4.78, 5) is 12.8. The van der Waals surface area contributed by atoms with Crippen molar-refractivity contribution in [2.24, 2.45) is 0 Å². The van der Waals surface area contributed by atoms with Crippen molar-refractivity contribution in [3.63, 3.8) is 0 Å². The number of aldehydes is 1. The zero-order chi connectivity index (χ0) is 12.5. The number of rotatable bonds is 2. The highest BCUT2D eigenvalue weighted by Gasteiger charge is 2.30. The molecule has 0 unspecified atom stereocenters. The fraction of sp³-hybridized carbons (Fsp3) is 0.462. The third kappa shape index (κ3) is 2.47. The molecule has 92 valence electrons. The van der Waals surface area contributed by atoms with E-state index in [0.29, 0.717) is 31.6 Å². The topological polar surface area (TPSA) is 29.5 Å². The number of carbonyl (C=O) groups is 1. The van der Waals surface area contributed by atoms with Crippen LogP contribution in [0.3, 0.4) is 0 Å². The molecular formula is C13H16FNO2. The minimum atomic E-state index is -0.383. The zero-order valence-electron chi connectivity index (χ0n) is 10.1. The van der Waals surface area contributed by atoms with Gasteiger partial charge in [0.25, 0.3) is 0 Å². The van der Waals surface area contributed by atoms with Gasteiger partial charge in [-0.25, -0.2) is 4.39 Å². The number of hydrogen-bond acceptors (Lipinski definition) is 3. The van der Waals surface area contributed by atoms with Gasteiger partial charge in [0.15, 0.2) is 0 Å².